The van der Waals surface area contributed by atoms with Crippen molar-refractivity contribution in [1.29, 1.82) is 0 Å². The van der Waals surface area contributed by atoms with Gasteiger partial charge in [-0.05, 0) is 36.6 Å². The molecule has 0 unspecified atom stereocenters. The topological polar surface area (TPSA) is 46.9 Å². The molecule has 3 rings (SSSR count). The molecule has 1 N–H and O–H groups in total. The van der Waals surface area contributed by atoms with Gasteiger partial charge >= 0.3 is 0 Å². The zero-order chi connectivity index (χ0) is 16.9. The summed E-state index contributed by atoms with van der Waals surface area (Å²) >= 11 is 0. The number of carbonyl (C=O) groups is 1. The van der Waals surface area contributed by atoms with Gasteiger partial charge in [-0.2, -0.15) is 5.10 Å². The molecular weight excluding hydrogens is 298 g/mol. The van der Waals surface area contributed by atoms with E-state index in [2.05, 4.69) is 29.5 Å². The first-order chi connectivity index (χ1) is 11.7. The maximum absolute atomic E-state index is 12.3. The van der Waals surface area contributed by atoms with Gasteiger partial charge in [-0.3, -0.25) is 9.48 Å². The number of hydrogen-bond acceptors (Lipinski definition) is 2. The number of nitrogens with one attached hydrogen (secondary N) is 1. The summed E-state index contributed by atoms with van der Waals surface area (Å²) in [5.74, 6) is 0.440. The molecule has 0 radical (unpaired) electrons. The third kappa shape index (κ3) is 3.71. The SMILES string of the molecule is CCc1ccc(C(=O)Nc2cc(C)n(Cc3ccccc3)n2)cc1. The predicted molar refractivity (Wildman–Crippen MR) is 96.3 cm³/mol. The minimum atomic E-state index is -0.137. The number of amides is 1. The highest BCUT2D eigenvalue weighted by Crippen LogP contribution is 2.13. The molecule has 0 fully saturated rings. The van der Waals surface area contributed by atoms with E-state index in [9.17, 15) is 4.79 Å². The van der Waals surface area contributed by atoms with E-state index in [4.69, 9.17) is 0 Å². The number of carbonyl (C=O) groups excluding carboxylic acids is 1. The van der Waals surface area contributed by atoms with Crippen molar-refractivity contribution in [3.05, 3.63) is 83.0 Å². The fourth-order valence-electron chi connectivity index (χ4n) is 2.57. The lowest BCUT2D eigenvalue weighted by Crippen LogP contribution is -2.13. The van der Waals surface area contributed by atoms with Gasteiger partial charge in [-0.15, -0.1) is 0 Å². The molecule has 0 aliphatic heterocycles. The predicted octanol–water partition coefficient (Wildman–Crippen LogP) is 4.05. The van der Waals surface area contributed by atoms with Gasteiger partial charge in [0, 0.05) is 17.3 Å². The van der Waals surface area contributed by atoms with Crippen molar-refractivity contribution in [2.75, 3.05) is 5.32 Å². The number of anilines is 1. The van der Waals surface area contributed by atoms with Crippen LogP contribution in [0.4, 0.5) is 5.82 Å². The van der Waals surface area contributed by atoms with Gasteiger partial charge in [0.15, 0.2) is 5.82 Å². The second-order valence-corrected chi connectivity index (χ2v) is 5.82. The van der Waals surface area contributed by atoms with Crippen molar-refractivity contribution in [2.24, 2.45) is 0 Å². The monoisotopic (exact) mass is 319 g/mol. The molecule has 3 aromatic rings. The molecule has 4 heteroatoms. The number of aromatic nitrogens is 2. The average molecular weight is 319 g/mol. The summed E-state index contributed by atoms with van der Waals surface area (Å²) < 4.78 is 1.89. The normalized spacial score (nSPS) is 10.6. The third-order valence-corrected chi connectivity index (χ3v) is 4.02. The van der Waals surface area contributed by atoms with Gasteiger partial charge in [0.2, 0.25) is 0 Å². The summed E-state index contributed by atoms with van der Waals surface area (Å²) in [7, 11) is 0. The fourth-order valence-corrected chi connectivity index (χ4v) is 2.57. The van der Waals surface area contributed by atoms with Crippen molar-refractivity contribution in [3.8, 4) is 0 Å². The van der Waals surface area contributed by atoms with Crippen molar-refractivity contribution in [2.45, 2.75) is 26.8 Å². The lowest BCUT2D eigenvalue weighted by molar-refractivity contribution is 0.102. The van der Waals surface area contributed by atoms with Crippen LogP contribution in [0.2, 0.25) is 0 Å². The lowest BCUT2D eigenvalue weighted by Gasteiger charge is -2.05. The molecule has 0 saturated heterocycles. The summed E-state index contributed by atoms with van der Waals surface area (Å²) in [5, 5.41) is 7.36. The van der Waals surface area contributed by atoms with Crippen LogP contribution in [-0.4, -0.2) is 15.7 Å². The summed E-state index contributed by atoms with van der Waals surface area (Å²) in [6.07, 6.45) is 0.963. The van der Waals surface area contributed by atoms with E-state index in [1.54, 1.807) is 0 Å². The Morgan fingerprint density at radius 1 is 1.04 bits per heavy atom. The summed E-state index contributed by atoms with van der Waals surface area (Å²) in [6, 6.07) is 19.7. The van der Waals surface area contributed by atoms with Gasteiger partial charge in [-0.1, -0.05) is 49.4 Å². The van der Waals surface area contributed by atoms with Crippen LogP contribution in [0, 0.1) is 6.92 Å². The van der Waals surface area contributed by atoms with E-state index < -0.39 is 0 Å². The van der Waals surface area contributed by atoms with Gasteiger partial charge in [0.05, 0.1) is 6.54 Å². The number of benzene rings is 2. The van der Waals surface area contributed by atoms with Crippen LogP contribution >= 0.6 is 0 Å². The van der Waals surface area contributed by atoms with Crippen LogP contribution in [0.15, 0.2) is 60.7 Å². The van der Waals surface area contributed by atoms with E-state index in [1.165, 1.54) is 11.1 Å². The third-order valence-electron chi connectivity index (χ3n) is 4.02. The van der Waals surface area contributed by atoms with Crippen molar-refractivity contribution < 1.29 is 4.79 Å². The Morgan fingerprint density at radius 3 is 2.42 bits per heavy atom. The molecule has 1 heterocycles. The van der Waals surface area contributed by atoms with Crippen LogP contribution in [0.1, 0.15) is 34.1 Å². The van der Waals surface area contributed by atoms with E-state index in [1.807, 2.05) is 60.1 Å². The molecular formula is C20H21N3O. The highest BCUT2D eigenvalue weighted by Gasteiger charge is 2.10. The van der Waals surface area contributed by atoms with Crippen LogP contribution in [0.3, 0.4) is 0 Å². The smallest absolute Gasteiger partial charge is 0.256 e. The molecule has 0 spiro atoms. The van der Waals surface area contributed by atoms with E-state index in [-0.39, 0.29) is 5.91 Å². The molecule has 2 aromatic carbocycles. The minimum Gasteiger partial charge on any atom is -0.305 e. The van der Waals surface area contributed by atoms with Crippen LogP contribution in [0.5, 0.6) is 0 Å². The number of aryl methyl sites for hydroxylation is 2. The van der Waals surface area contributed by atoms with Crippen LogP contribution in [0.25, 0.3) is 0 Å². The molecule has 0 saturated carbocycles. The molecule has 0 aliphatic rings. The van der Waals surface area contributed by atoms with E-state index in [0.717, 1.165) is 12.1 Å². The van der Waals surface area contributed by atoms with Gasteiger partial charge in [0.25, 0.3) is 5.91 Å². The summed E-state index contributed by atoms with van der Waals surface area (Å²) in [5.41, 5.74) is 4.05. The highest BCUT2D eigenvalue weighted by atomic mass is 16.1. The zero-order valence-corrected chi connectivity index (χ0v) is 14.0. The fraction of sp³-hybridized carbons (Fsp3) is 0.200. The molecule has 4 nitrogen and oxygen atoms in total. The zero-order valence-electron chi connectivity index (χ0n) is 14.0. The highest BCUT2D eigenvalue weighted by molar-refractivity contribution is 6.03. The first-order valence-corrected chi connectivity index (χ1v) is 8.14. The first kappa shape index (κ1) is 16.0. The van der Waals surface area contributed by atoms with Crippen LogP contribution < -0.4 is 5.32 Å². The Kier molecular flexibility index (Phi) is 4.75. The molecule has 1 aromatic heterocycles. The maximum atomic E-state index is 12.3. The van der Waals surface area contributed by atoms with Gasteiger partial charge in [0.1, 0.15) is 0 Å². The molecule has 1 amide bonds. The quantitative estimate of drug-likeness (QED) is 0.771. The second-order valence-electron chi connectivity index (χ2n) is 5.82. The van der Waals surface area contributed by atoms with Crippen molar-refractivity contribution >= 4 is 11.7 Å². The summed E-state index contributed by atoms with van der Waals surface area (Å²) in [4.78, 5) is 12.3. The summed E-state index contributed by atoms with van der Waals surface area (Å²) in [6.45, 7) is 4.77. The molecule has 0 aliphatic carbocycles. The van der Waals surface area contributed by atoms with Crippen molar-refractivity contribution in [1.82, 2.24) is 9.78 Å². The number of rotatable bonds is 5. The largest absolute Gasteiger partial charge is 0.305 e. The number of nitrogens with zero attached hydrogens (tertiary/aromatic N) is 2. The Balaban J connectivity index is 1.71. The average Bonchev–Trinajstić information content (AvgIpc) is 2.95. The molecule has 0 bridgehead atoms. The first-order valence-electron chi connectivity index (χ1n) is 8.14. The molecule has 0 atom stereocenters. The second kappa shape index (κ2) is 7.13. The Hall–Kier alpha value is -2.88. The Labute approximate surface area is 142 Å². The van der Waals surface area contributed by atoms with E-state index in [0.29, 0.717) is 17.9 Å². The Bertz CT molecular complexity index is 820. The lowest BCUT2D eigenvalue weighted by atomic mass is 10.1. The maximum Gasteiger partial charge on any atom is 0.256 e. The van der Waals surface area contributed by atoms with Gasteiger partial charge < -0.3 is 5.32 Å². The molecule has 24 heavy (non-hydrogen) atoms. The van der Waals surface area contributed by atoms with Crippen molar-refractivity contribution in [3.63, 3.8) is 0 Å². The number of hydrogen-bond donors (Lipinski definition) is 1. The molecule has 122 valence electrons. The van der Waals surface area contributed by atoms with Gasteiger partial charge in [-0.25, -0.2) is 0 Å². The van der Waals surface area contributed by atoms with E-state index >= 15 is 0 Å². The Morgan fingerprint density at radius 2 is 1.75 bits per heavy atom. The van der Waals surface area contributed by atoms with Crippen LogP contribution in [-0.2, 0) is 13.0 Å². The standard InChI is InChI=1S/C20H21N3O/c1-3-16-9-11-18(12-10-16)20(24)21-19-13-15(2)23(22-19)14-17-7-5-4-6-8-17/h4-13H,3,14H2,1-2H3,(H,21,22,24). The minimum absolute atomic E-state index is 0.137.